The Morgan fingerprint density at radius 3 is 2.62 bits per heavy atom. The summed E-state index contributed by atoms with van der Waals surface area (Å²) >= 11 is 6.03. The van der Waals surface area contributed by atoms with Gasteiger partial charge >= 0.3 is 0 Å². The zero-order chi connectivity index (χ0) is 17.3. The number of carbonyl (C=O) groups excluding carboxylic acids is 1. The van der Waals surface area contributed by atoms with E-state index in [1.54, 1.807) is 11.1 Å². The van der Waals surface area contributed by atoms with Gasteiger partial charge in [-0.15, -0.1) is 0 Å². The van der Waals surface area contributed by atoms with E-state index < -0.39 is 0 Å². The number of rotatable bonds is 4. The van der Waals surface area contributed by atoms with Crippen molar-refractivity contribution in [3.63, 3.8) is 0 Å². The van der Waals surface area contributed by atoms with Gasteiger partial charge in [0, 0.05) is 12.2 Å². The maximum absolute atomic E-state index is 13.0. The van der Waals surface area contributed by atoms with Crippen LogP contribution >= 0.6 is 11.6 Å². The molecule has 0 bridgehead atoms. The molecule has 0 saturated heterocycles. The Morgan fingerprint density at radius 1 is 1.25 bits per heavy atom. The molecule has 1 unspecified atom stereocenters. The van der Waals surface area contributed by atoms with Gasteiger partial charge in [0.05, 0.1) is 6.20 Å². The average molecular weight is 345 g/mol. The van der Waals surface area contributed by atoms with Crippen LogP contribution in [0.3, 0.4) is 0 Å². The van der Waals surface area contributed by atoms with Crippen molar-refractivity contribution in [3.05, 3.63) is 41.8 Å². The number of fused-ring (bicyclic) bond motifs is 1. The van der Waals surface area contributed by atoms with Crippen LogP contribution in [0.2, 0.25) is 5.28 Å². The van der Waals surface area contributed by atoms with Crippen LogP contribution in [0.4, 0.5) is 17.2 Å². The lowest BCUT2D eigenvalue weighted by Crippen LogP contribution is -2.51. The lowest BCUT2D eigenvalue weighted by molar-refractivity contribution is -0.119. The van der Waals surface area contributed by atoms with Crippen LogP contribution in [-0.4, -0.2) is 28.5 Å². The molecule has 1 aliphatic heterocycles. The summed E-state index contributed by atoms with van der Waals surface area (Å²) in [5, 5.41) is 0.192. The van der Waals surface area contributed by atoms with E-state index in [9.17, 15) is 4.79 Å². The molecule has 0 aliphatic carbocycles. The molecule has 24 heavy (non-hydrogen) atoms. The first-order valence-corrected chi connectivity index (χ1v) is 8.55. The standard InChI is InChI=1S/C18H21ClN4O/c1-12(2)9-10-22-13(3)17(24)23(14-7-5-4-6-8-14)15-11-20-18(19)21-16(15)22/h4-8,11-13H,9-10H2,1-3H3. The lowest BCUT2D eigenvalue weighted by atomic mass is 10.1. The van der Waals surface area contributed by atoms with Crippen LogP contribution in [0.1, 0.15) is 27.2 Å². The second-order valence-electron chi connectivity index (χ2n) is 6.41. The van der Waals surface area contributed by atoms with Crippen LogP contribution in [0.15, 0.2) is 36.5 Å². The molecule has 126 valence electrons. The van der Waals surface area contributed by atoms with Crippen molar-refractivity contribution in [2.24, 2.45) is 5.92 Å². The molecule has 0 N–H and O–H groups in total. The summed E-state index contributed by atoms with van der Waals surface area (Å²) in [5.74, 6) is 1.27. The van der Waals surface area contributed by atoms with Gasteiger partial charge in [-0.25, -0.2) is 4.98 Å². The largest absolute Gasteiger partial charge is 0.343 e. The van der Waals surface area contributed by atoms with Gasteiger partial charge in [0.15, 0.2) is 5.82 Å². The molecular formula is C18H21ClN4O. The van der Waals surface area contributed by atoms with Crippen molar-refractivity contribution in [2.75, 3.05) is 16.3 Å². The van der Waals surface area contributed by atoms with Crippen LogP contribution in [0.5, 0.6) is 0 Å². The SMILES string of the molecule is CC(C)CCN1c2nc(Cl)ncc2N(c2ccccc2)C(=O)C1C. The highest BCUT2D eigenvalue weighted by atomic mass is 35.5. The predicted molar refractivity (Wildman–Crippen MR) is 96.9 cm³/mol. The minimum atomic E-state index is -0.303. The van der Waals surface area contributed by atoms with E-state index in [4.69, 9.17) is 11.6 Å². The Kier molecular flexibility index (Phi) is 4.71. The van der Waals surface area contributed by atoms with E-state index in [0.29, 0.717) is 17.4 Å². The van der Waals surface area contributed by atoms with E-state index >= 15 is 0 Å². The summed E-state index contributed by atoms with van der Waals surface area (Å²) in [4.78, 5) is 25.3. The van der Waals surface area contributed by atoms with Crippen LogP contribution in [0, 0.1) is 5.92 Å². The molecule has 1 aromatic heterocycles. The first-order chi connectivity index (χ1) is 11.5. The number of halogens is 1. The number of hydrogen-bond acceptors (Lipinski definition) is 4. The molecule has 6 heteroatoms. The van der Waals surface area contributed by atoms with E-state index in [-0.39, 0.29) is 17.2 Å². The minimum Gasteiger partial charge on any atom is -0.343 e. The predicted octanol–water partition coefficient (Wildman–Crippen LogP) is 4.05. The first-order valence-electron chi connectivity index (χ1n) is 8.17. The number of aromatic nitrogens is 2. The van der Waals surface area contributed by atoms with E-state index in [1.165, 1.54) is 0 Å². The van der Waals surface area contributed by atoms with Crippen molar-refractivity contribution >= 4 is 34.7 Å². The fraction of sp³-hybridized carbons (Fsp3) is 0.389. The van der Waals surface area contributed by atoms with Gasteiger partial charge in [-0.05, 0) is 43.0 Å². The van der Waals surface area contributed by atoms with Gasteiger partial charge in [0.25, 0.3) is 5.91 Å². The van der Waals surface area contributed by atoms with Crippen LogP contribution in [-0.2, 0) is 4.79 Å². The number of para-hydroxylation sites is 1. The molecule has 5 nitrogen and oxygen atoms in total. The number of benzene rings is 1. The Balaban J connectivity index is 2.08. The molecule has 0 fully saturated rings. The van der Waals surface area contributed by atoms with E-state index in [2.05, 4.69) is 23.8 Å². The molecule has 2 aromatic rings. The summed E-state index contributed by atoms with van der Waals surface area (Å²) in [5.41, 5.74) is 1.49. The zero-order valence-corrected chi connectivity index (χ0v) is 14.9. The minimum absolute atomic E-state index is 0.0170. The Morgan fingerprint density at radius 2 is 1.96 bits per heavy atom. The number of nitrogens with zero attached hydrogens (tertiary/aromatic N) is 4. The summed E-state index contributed by atoms with van der Waals surface area (Å²) in [6.07, 6.45) is 2.60. The normalized spacial score (nSPS) is 17.4. The molecule has 3 rings (SSSR count). The smallest absolute Gasteiger partial charge is 0.254 e. The van der Waals surface area contributed by atoms with Crippen molar-refractivity contribution in [2.45, 2.75) is 33.2 Å². The van der Waals surface area contributed by atoms with E-state index in [0.717, 1.165) is 18.7 Å². The molecular weight excluding hydrogens is 324 g/mol. The van der Waals surface area contributed by atoms with Crippen LogP contribution in [0.25, 0.3) is 0 Å². The fourth-order valence-electron chi connectivity index (χ4n) is 2.88. The summed E-state index contributed by atoms with van der Waals surface area (Å²) in [6.45, 7) is 7.01. The first kappa shape index (κ1) is 16.7. The van der Waals surface area contributed by atoms with E-state index in [1.807, 2.05) is 42.2 Å². The third-order valence-electron chi connectivity index (χ3n) is 4.24. The van der Waals surface area contributed by atoms with Crippen molar-refractivity contribution in [1.82, 2.24) is 9.97 Å². The third kappa shape index (κ3) is 3.08. The second-order valence-corrected chi connectivity index (χ2v) is 6.75. The maximum atomic E-state index is 13.0. The molecule has 2 heterocycles. The molecule has 1 aliphatic rings. The molecule has 1 atom stereocenters. The quantitative estimate of drug-likeness (QED) is 0.785. The summed E-state index contributed by atoms with van der Waals surface area (Å²) in [7, 11) is 0. The average Bonchev–Trinajstić information content (AvgIpc) is 2.56. The Bertz CT molecular complexity index is 735. The number of hydrogen-bond donors (Lipinski definition) is 0. The summed E-state index contributed by atoms with van der Waals surface area (Å²) < 4.78 is 0. The molecule has 0 spiro atoms. The Labute approximate surface area is 147 Å². The monoisotopic (exact) mass is 344 g/mol. The maximum Gasteiger partial charge on any atom is 0.254 e. The van der Waals surface area contributed by atoms with Gasteiger partial charge in [-0.2, -0.15) is 4.98 Å². The third-order valence-corrected chi connectivity index (χ3v) is 4.42. The highest BCUT2D eigenvalue weighted by Gasteiger charge is 2.37. The molecule has 1 aromatic carbocycles. The Hall–Kier alpha value is -2.14. The number of carbonyl (C=O) groups is 1. The second kappa shape index (κ2) is 6.77. The topological polar surface area (TPSA) is 49.3 Å². The lowest BCUT2D eigenvalue weighted by Gasteiger charge is -2.40. The van der Waals surface area contributed by atoms with Crippen molar-refractivity contribution in [1.29, 1.82) is 0 Å². The van der Waals surface area contributed by atoms with Gasteiger partial charge < -0.3 is 4.90 Å². The highest BCUT2D eigenvalue weighted by Crippen LogP contribution is 2.39. The zero-order valence-electron chi connectivity index (χ0n) is 14.1. The van der Waals surface area contributed by atoms with Crippen molar-refractivity contribution < 1.29 is 4.79 Å². The molecule has 0 saturated carbocycles. The molecule has 0 radical (unpaired) electrons. The van der Waals surface area contributed by atoms with Gasteiger partial charge in [0.1, 0.15) is 11.7 Å². The number of amides is 1. The highest BCUT2D eigenvalue weighted by molar-refractivity contribution is 6.28. The fourth-order valence-corrected chi connectivity index (χ4v) is 3.01. The number of anilines is 3. The van der Waals surface area contributed by atoms with Gasteiger partial charge in [-0.1, -0.05) is 32.0 Å². The van der Waals surface area contributed by atoms with Crippen LogP contribution < -0.4 is 9.80 Å². The van der Waals surface area contributed by atoms with Crippen molar-refractivity contribution in [3.8, 4) is 0 Å². The van der Waals surface area contributed by atoms with Gasteiger partial charge in [0.2, 0.25) is 5.28 Å². The molecule has 1 amide bonds. The summed E-state index contributed by atoms with van der Waals surface area (Å²) in [6, 6.07) is 9.27. The van der Waals surface area contributed by atoms with Gasteiger partial charge in [-0.3, -0.25) is 9.69 Å².